The van der Waals surface area contributed by atoms with Crippen molar-refractivity contribution in [1.82, 2.24) is 4.98 Å². The van der Waals surface area contributed by atoms with Crippen LogP contribution in [0.15, 0.2) is 6.20 Å². The maximum Gasteiger partial charge on any atom is 0.340 e. The standard InChI is InChI=1S/C6H6ClNO3S/c1-11-4(6(9)10)5-8-2-3(7)12-5/h2,4H,1H3,(H,9,10). The summed E-state index contributed by atoms with van der Waals surface area (Å²) in [7, 11) is 1.31. The van der Waals surface area contributed by atoms with Crippen LogP contribution in [0.4, 0.5) is 0 Å². The summed E-state index contributed by atoms with van der Waals surface area (Å²) in [5.41, 5.74) is 0. The molecule has 0 fully saturated rings. The number of thiazole rings is 1. The summed E-state index contributed by atoms with van der Waals surface area (Å²) in [6.07, 6.45) is 0.388. The Labute approximate surface area is 77.8 Å². The summed E-state index contributed by atoms with van der Waals surface area (Å²) in [5.74, 6) is -1.07. The molecular weight excluding hydrogens is 202 g/mol. The van der Waals surface area contributed by atoms with E-state index in [1.807, 2.05) is 0 Å². The van der Waals surface area contributed by atoms with Crippen LogP contribution in [0.5, 0.6) is 0 Å². The third-order valence-electron chi connectivity index (χ3n) is 1.18. The largest absolute Gasteiger partial charge is 0.479 e. The first-order valence-electron chi connectivity index (χ1n) is 3.02. The van der Waals surface area contributed by atoms with Gasteiger partial charge in [-0.2, -0.15) is 0 Å². The van der Waals surface area contributed by atoms with Crippen LogP contribution >= 0.6 is 22.9 Å². The van der Waals surface area contributed by atoms with E-state index in [0.717, 1.165) is 11.3 Å². The fourth-order valence-corrected chi connectivity index (χ4v) is 1.70. The van der Waals surface area contributed by atoms with Gasteiger partial charge in [0, 0.05) is 7.11 Å². The van der Waals surface area contributed by atoms with E-state index in [4.69, 9.17) is 21.4 Å². The molecule has 1 heterocycles. The van der Waals surface area contributed by atoms with Gasteiger partial charge in [0.05, 0.1) is 6.20 Å². The lowest BCUT2D eigenvalue weighted by atomic mass is 10.4. The quantitative estimate of drug-likeness (QED) is 0.818. The minimum absolute atomic E-state index is 0.356. The van der Waals surface area contributed by atoms with Crippen LogP contribution in [0.1, 0.15) is 11.1 Å². The molecule has 0 amide bonds. The van der Waals surface area contributed by atoms with Crippen LogP contribution in [0.2, 0.25) is 4.34 Å². The molecule has 1 N–H and O–H groups in total. The van der Waals surface area contributed by atoms with Crippen LogP contribution in [0, 0.1) is 0 Å². The predicted molar refractivity (Wildman–Crippen MR) is 44.5 cm³/mol. The monoisotopic (exact) mass is 207 g/mol. The molecule has 0 aliphatic heterocycles. The zero-order valence-electron chi connectivity index (χ0n) is 6.15. The Bertz CT molecular complexity index is 288. The molecule has 0 bridgehead atoms. The number of nitrogens with zero attached hydrogens (tertiary/aromatic N) is 1. The number of aromatic nitrogens is 1. The second-order valence-corrected chi connectivity index (χ2v) is 3.65. The predicted octanol–water partition coefficient (Wildman–Crippen LogP) is 1.57. The average Bonchev–Trinajstić information content (AvgIpc) is 2.37. The Morgan fingerprint density at radius 1 is 1.92 bits per heavy atom. The maximum atomic E-state index is 10.5. The lowest BCUT2D eigenvalue weighted by Crippen LogP contribution is -2.12. The van der Waals surface area contributed by atoms with Gasteiger partial charge in [-0.15, -0.1) is 11.3 Å². The molecule has 0 aliphatic carbocycles. The average molecular weight is 208 g/mol. The van der Waals surface area contributed by atoms with Crippen LogP contribution in [0.25, 0.3) is 0 Å². The highest BCUT2D eigenvalue weighted by Gasteiger charge is 2.22. The Morgan fingerprint density at radius 3 is 2.92 bits per heavy atom. The number of carbonyl (C=O) groups is 1. The normalized spacial score (nSPS) is 12.8. The van der Waals surface area contributed by atoms with E-state index >= 15 is 0 Å². The Kier molecular flexibility index (Phi) is 3.02. The van der Waals surface area contributed by atoms with E-state index in [1.165, 1.54) is 13.3 Å². The highest BCUT2D eigenvalue weighted by atomic mass is 35.5. The Morgan fingerprint density at radius 2 is 2.58 bits per heavy atom. The van der Waals surface area contributed by atoms with Gasteiger partial charge in [0.1, 0.15) is 9.34 Å². The molecule has 0 aromatic carbocycles. The van der Waals surface area contributed by atoms with Gasteiger partial charge >= 0.3 is 5.97 Å². The highest BCUT2D eigenvalue weighted by Crippen LogP contribution is 2.25. The molecule has 66 valence electrons. The first kappa shape index (κ1) is 9.44. The third-order valence-corrected chi connectivity index (χ3v) is 2.34. The van der Waals surface area contributed by atoms with Crippen molar-refractivity contribution in [3.05, 3.63) is 15.5 Å². The van der Waals surface area contributed by atoms with Gasteiger partial charge in [-0.3, -0.25) is 0 Å². The highest BCUT2D eigenvalue weighted by molar-refractivity contribution is 7.15. The fraction of sp³-hybridized carbons (Fsp3) is 0.333. The minimum atomic E-state index is -1.07. The van der Waals surface area contributed by atoms with E-state index in [0.29, 0.717) is 9.34 Å². The second kappa shape index (κ2) is 3.84. The Balaban J connectivity index is 2.87. The summed E-state index contributed by atoms with van der Waals surface area (Å²) in [5, 5.41) is 8.99. The fourth-order valence-electron chi connectivity index (χ4n) is 0.695. The first-order chi connectivity index (χ1) is 5.65. The van der Waals surface area contributed by atoms with Crippen molar-refractivity contribution in [3.63, 3.8) is 0 Å². The number of ether oxygens (including phenoxy) is 1. The molecule has 0 spiro atoms. The molecule has 6 heteroatoms. The number of carboxylic acid groups (broad SMARTS) is 1. The van der Waals surface area contributed by atoms with E-state index in [-0.39, 0.29) is 0 Å². The van der Waals surface area contributed by atoms with Crippen LogP contribution in [-0.4, -0.2) is 23.2 Å². The summed E-state index contributed by atoms with van der Waals surface area (Å²) >= 11 is 6.67. The summed E-state index contributed by atoms with van der Waals surface area (Å²) < 4.78 is 5.15. The van der Waals surface area contributed by atoms with Crippen molar-refractivity contribution in [2.45, 2.75) is 6.10 Å². The number of rotatable bonds is 3. The molecule has 1 unspecified atom stereocenters. The van der Waals surface area contributed by atoms with Crippen LogP contribution in [-0.2, 0) is 9.53 Å². The van der Waals surface area contributed by atoms with Gasteiger partial charge in [-0.25, -0.2) is 9.78 Å². The molecular formula is C6H6ClNO3S. The lowest BCUT2D eigenvalue weighted by molar-refractivity contribution is -0.148. The van der Waals surface area contributed by atoms with Gasteiger partial charge in [0.2, 0.25) is 6.10 Å². The summed E-state index contributed by atoms with van der Waals surface area (Å²) in [4.78, 5) is 14.3. The molecule has 0 aliphatic rings. The van der Waals surface area contributed by atoms with Gasteiger partial charge in [-0.05, 0) is 0 Å². The molecule has 1 aromatic heterocycles. The van der Waals surface area contributed by atoms with Crippen molar-refractivity contribution in [3.8, 4) is 0 Å². The number of carboxylic acids is 1. The van der Waals surface area contributed by atoms with Gasteiger partial charge in [-0.1, -0.05) is 11.6 Å². The molecule has 4 nitrogen and oxygen atoms in total. The Hall–Kier alpha value is -0.650. The SMILES string of the molecule is COC(C(=O)O)c1ncc(Cl)s1. The summed E-state index contributed by atoms with van der Waals surface area (Å²) in [6, 6.07) is 0. The minimum Gasteiger partial charge on any atom is -0.479 e. The smallest absolute Gasteiger partial charge is 0.340 e. The van der Waals surface area contributed by atoms with E-state index < -0.39 is 12.1 Å². The number of aliphatic carboxylic acids is 1. The second-order valence-electron chi connectivity index (χ2n) is 1.96. The molecule has 1 aromatic rings. The molecule has 0 saturated heterocycles. The van der Waals surface area contributed by atoms with Gasteiger partial charge in [0.15, 0.2) is 0 Å². The summed E-state index contributed by atoms with van der Waals surface area (Å²) in [6.45, 7) is 0. The lowest BCUT2D eigenvalue weighted by Gasteiger charge is -2.04. The van der Waals surface area contributed by atoms with E-state index in [9.17, 15) is 4.79 Å². The number of halogens is 1. The molecule has 1 rings (SSSR count). The third kappa shape index (κ3) is 1.94. The van der Waals surface area contributed by atoms with Crippen molar-refractivity contribution in [1.29, 1.82) is 0 Å². The number of hydrogen-bond acceptors (Lipinski definition) is 4. The topological polar surface area (TPSA) is 59.4 Å². The first-order valence-corrected chi connectivity index (χ1v) is 4.21. The van der Waals surface area contributed by atoms with Crippen LogP contribution < -0.4 is 0 Å². The van der Waals surface area contributed by atoms with Gasteiger partial charge in [0.25, 0.3) is 0 Å². The molecule has 0 radical (unpaired) electrons. The van der Waals surface area contributed by atoms with Crippen molar-refractivity contribution < 1.29 is 14.6 Å². The molecule has 12 heavy (non-hydrogen) atoms. The number of methoxy groups -OCH3 is 1. The molecule has 1 atom stereocenters. The van der Waals surface area contributed by atoms with Crippen molar-refractivity contribution in [2.75, 3.05) is 7.11 Å². The van der Waals surface area contributed by atoms with Gasteiger partial charge < -0.3 is 9.84 Å². The maximum absolute atomic E-state index is 10.5. The van der Waals surface area contributed by atoms with E-state index in [2.05, 4.69) is 4.98 Å². The van der Waals surface area contributed by atoms with Crippen LogP contribution in [0.3, 0.4) is 0 Å². The molecule has 0 saturated carbocycles. The number of hydrogen-bond donors (Lipinski definition) is 1. The zero-order chi connectivity index (χ0) is 9.14. The zero-order valence-corrected chi connectivity index (χ0v) is 7.72. The van der Waals surface area contributed by atoms with E-state index in [1.54, 1.807) is 0 Å². The van der Waals surface area contributed by atoms with Crippen molar-refractivity contribution in [2.24, 2.45) is 0 Å². The van der Waals surface area contributed by atoms with Crippen molar-refractivity contribution >= 4 is 28.9 Å².